The Morgan fingerprint density at radius 2 is 1.76 bits per heavy atom. The van der Waals surface area contributed by atoms with Crippen LogP contribution in [-0.4, -0.2) is 24.8 Å². The summed E-state index contributed by atoms with van der Waals surface area (Å²) in [5.74, 6) is -0.0730. The molecule has 0 unspecified atom stereocenters. The Hall–Kier alpha value is -2.95. The Morgan fingerprint density at radius 1 is 1.12 bits per heavy atom. The van der Waals surface area contributed by atoms with Crippen LogP contribution in [0.25, 0.3) is 6.08 Å². The molecule has 0 aromatic heterocycles. The summed E-state index contributed by atoms with van der Waals surface area (Å²) in [5, 5.41) is 11.2. The summed E-state index contributed by atoms with van der Waals surface area (Å²) in [5.41, 5.74) is 3.00. The van der Waals surface area contributed by atoms with E-state index in [0.29, 0.717) is 16.7 Å². The summed E-state index contributed by atoms with van der Waals surface area (Å²) in [4.78, 5) is 25.1. The molecule has 5 nitrogen and oxygen atoms in total. The van der Waals surface area contributed by atoms with Gasteiger partial charge in [-0.2, -0.15) is 0 Å². The molecule has 0 amide bonds. The molecule has 0 aliphatic heterocycles. The molecule has 130 valence electrons. The minimum absolute atomic E-state index is 0.0651. The SMILES string of the molecule is CC(C)c1ccc(/C=C/C(=O)c2ccc(N(C)C)cc2)cc1[N+](=O)[O-]. The normalized spacial score (nSPS) is 11.1. The maximum absolute atomic E-state index is 12.3. The van der Waals surface area contributed by atoms with E-state index in [1.165, 1.54) is 12.1 Å². The Morgan fingerprint density at radius 3 is 2.28 bits per heavy atom. The van der Waals surface area contributed by atoms with Crippen LogP contribution >= 0.6 is 0 Å². The molecule has 0 N–H and O–H groups in total. The zero-order valence-corrected chi connectivity index (χ0v) is 14.9. The van der Waals surface area contributed by atoms with Gasteiger partial charge in [0, 0.05) is 37.0 Å². The molecule has 25 heavy (non-hydrogen) atoms. The monoisotopic (exact) mass is 338 g/mol. The molecule has 0 fully saturated rings. The first-order valence-corrected chi connectivity index (χ1v) is 8.07. The van der Waals surface area contributed by atoms with E-state index in [1.54, 1.807) is 30.3 Å². The van der Waals surface area contributed by atoms with Crippen LogP contribution in [0.5, 0.6) is 0 Å². The van der Waals surface area contributed by atoms with Crippen molar-refractivity contribution in [1.82, 2.24) is 0 Å². The van der Waals surface area contributed by atoms with Crippen molar-refractivity contribution in [2.75, 3.05) is 19.0 Å². The quantitative estimate of drug-likeness (QED) is 0.332. The molecule has 0 bridgehead atoms. The van der Waals surface area contributed by atoms with Crippen LogP contribution in [0.15, 0.2) is 48.5 Å². The van der Waals surface area contributed by atoms with Crippen molar-refractivity contribution in [2.45, 2.75) is 19.8 Å². The van der Waals surface area contributed by atoms with Crippen LogP contribution in [0.3, 0.4) is 0 Å². The summed E-state index contributed by atoms with van der Waals surface area (Å²) >= 11 is 0. The van der Waals surface area contributed by atoms with Gasteiger partial charge in [-0.1, -0.05) is 32.1 Å². The first-order valence-electron chi connectivity index (χ1n) is 8.07. The largest absolute Gasteiger partial charge is 0.378 e. The molecule has 2 aromatic carbocycles. The molecule has 0 saturated heterocycles. The summed E-state index contributed by atoms with van der Waals surface area (Å²) in [6.07, 6.45) is 3.05. The van der Waals surface area contributed by atoms with E-state index >= 15 is 0 Å². The fourth-order valence-electron chi connectivity index (χ4n) is 2.50. The van der Waals surface area contributed by atoms with E-state index < -0.39 is 0 Å². The fourth-order valence-corrected chi connectivity index (χ4v) is 2.50. The maximum Gasteiger partial charge on any atom is 0.273 e. The zero-order chi connectivity index (χ0) is 18.6. The number of nitro benzene ring substituents is 1. The van der Waals surface area contributed by atoms with Crippen LogP contribution in [0.4, 0.5) is 11.4 Å². The van der Waals surface area contributed by atoms with E-state index in [0.717, 1.165) is 5.69 Å². The lowest BCUT2D eigenvalue weighted by Crippen LogP contribution is -2.08. The molecule has 2 aromatic rings. The molecule has 0 radical (unpaired) electrons. The first kappa shape index (κ1) is 18.4. The van der Waals surface area contributed by atoms with Crippen molar-refractivity contribution < 1.29 is 9.72 Å². The Kier molecular flexibility index (Phi) is 5.70. The molecule has 2 rings (SSSR count). The second-order valence-corrected chi connectivity index (χ2v) is 6.37. The van der Waals surface area contributed by atoms with Crippen molar-refractivity contribution in [1.29, 1.82) is 0 Å². The van der Waals surface area contributed by atoms with Crippen molar-refractivity contribution in [3.05, 3.63) is 75.3 Å². The minimum Gasteiger partial charge on any atom is -0.378 e. The van der Waals surface area contributed by atoms with Gasteiger partial charge in [0.05, 0.1) is 4.92 Å². The number of ketones is 1. The third-order valence-corrected chi connectivity index (χ3v) is 3.97. The maximum atomic E-state index is 12.3. The molecule has 0 aliphatic rings. The van der Waals surface area contributed by atoms with Crippen LogP contribution < -0.4 is 4.90 Å². The van der Waals surface area contributed by atoms with E-state index in [-0.39, 0.29) is 22.3 Å². The predicted octanol–water partition coefficient (Wildman–Crippen LogP) is 4.68. The second kappa shape index (κ2) is 7.75. The molecule has 0 heterocycles. The molecule has 0 saturated carbocycles. The summed E-state index contributed by atoms with van der Waals surface area (Å²) < 4.78 is 0. The zero-order valence-electron chi connectivity index (χ0n) is 14.9. The Bertz CT molecular complexity index is 806. The van der Waals surface area contributed by atoms with Crippen LogP contribution in [-0.2, 0) is 0 Å². The number of anilines is 1. The number of hydrogen-bond acceptors (Lipinski definition) is 4. The first-order chi connectivity index (χ1) is 11.8. The van der Waals surface area contributed by atoms with E-state index in [4.69, 9.17) is 0 Å². The average Bonchev–Trinajstić information content (AvgIpc) is 2.59. The topological polar surface area (TPSA) is 63.5 Å². The van der Waals surface area contributed by atoms with Gasteiger partial charge >= 0.3 is 0 Å². The van der Waals surface area contributed by atoms with Gasteiger partial charge in [-0.15, -0.1) is 0 Å². The molecule has 0 aliphatic carbocycles. The number of hydrogen-bond donors (Lipinski definition) is 0. The highest BCUT2D eigenvalue weighted by Crippen LogP contribution is 2.27. The Labute approximate surface area is 147 Å². The number of nitrogens with zero attached hydrogens (tertiary/aromatic N) is 2. The third-order valence-electron chi connectivity index (χ3n) is 3.97. The summed E-state index contributed by atoms with van der Waals surface area (Å²) in [6.45, 7) is 3.83. The van der Waals surface area contributed by atoms with Gasteiger partial charge in [-0.25, -0.2) is 0 Å². The molecule has 0 spiro atoms. The van der Waals surface area contributed by atoms with Crippen LogP contribution in [0.1, 0.15) is 41.3 Å². The average molecular weight is 338 g/mol. The number of benzene rings is 2. The van der Waals surface area contributed by atoms with Crippen LogP contribution in [0.2, 0.25) is 0 Å². The highest BCUT2D eigenvalue weighted by Gasteiger charge is 2.16. The van der Waals surface area contributed by atoms with Gasteiger partial charge in [-0.05, 0) is 41.8 Å². The lowest BCUT2D eigenvalue weighted by molar-refractivity contribution is -0.385. The molecular weight excluding hydrogens is 316 g/mol. The number of allylic oxidation sites excluding steroid dienone is 1. The molecule has 5 heteroatoms. The smallest absolute Gasteiger partial charge is 0.273 e. The van der Waals surface area contributed by atoms with Gasteiger partial charge in [0.1, 0.15) is 0 Å². The van der Waals surface area contributed by atoms with E-state index in [2.05, 4.69) is 0 Å². The van der Waals surface area contributed by atoms with Crippen LogP contribution in [0, 0.1) is 10.1 Å². The highest BCUT2D eigenvalue weighted by molar-refractivity contribution is 6.07. The van der Waals surface area contributed by atoms with E-state index in [1.807, 2.05) is 45.0 Å². The van der Waals surface area contributed by atoms with Crippen molar-refractivity contribution in [3.8, 4) is 0 Å². The fraction of sp³-hybridized carbons (Fsp3) is 0.250. The lowest BCUT2D eigenvalue weighted by Gasteiger charge is -2.11. The van der Waals surface area contributed by atoms with Crippen molar-refractivity contribution in [2.24, 2.45) is 0 Å². The lowest BCUT2D eigenvalue weighted by atomic mass is 9.99. The van der Waals surface area contributed by atoms with Gasteiger partial charge in [0.2, 0.25) is 0 Å². The number of carbonyl (C=O) groups is 1. The standard InChI is InChI=1S/C20H22N2O3/c1-14(2)18-11-5-15(13-19(18)22(24)25)6-12-20(23)16-7-9-17(10-8-16)21(3)4/h5-14H,1-4H3/b12-6+. The highest BCUT2D eigenvalue weighted by atomic mass is 16.6. The Balaban J connectivity index is 2.22. The van der Waals surface area contributed by atoms with Crippen molar-refractivity contribution in [3.63, 3.8) is 0 Å². The predicted molar refractivity (Wildman–Crippen MR) is 101 cm³/mol. The van der Waals surface area contributed by atoms with Gasteiger partial charge in [0.15, 0.2) is 5.78 Å². The van der Waals surface area contributed by atoms with Gasteiger partial charge < -0.3 is 4.90 Å². The summed E-state index contributed by atoms with van der Waals surface area (Å²) in [7, 11) is 3.87. The van der Waals surface area contributed by atoms with Gasteiger partial charge in [0.25, 0.3) is 5.69 Å². The minimum atomic E-state index is -0.380. The van der Waals surface area contributed by atoms with Gasteiger partial charge in [-0.3, -0.25) is 14.9 Å². The van der Waals surface area contributed by atoms with Crippen molar-refractivity contribution >= 4 is 23.2 Å². The van der Waals surface area contributed by atoms with E-state index in [9.17, 15) is 14.9 Å². The third kappa shape index (κ3) is 4.53. The second-order valence-electron chi connectivity index (χ2n) is 6.37. The number of carbonyl (C=O) groups excluding carboxylic acids is 1. The molecular formula is C20H22N2O3. The summed E-state index contributed by atoms with van der Waals surface area (Å²) in [6, 6.07) is 12.3. The molecule has 0 atom stereocenters. The number of rotatable bonds is 6. The number of nitro groups is 1.